The van der Waals surface area contributed by atoms with Gasteiger partial charge < -0.3 is 29.2 Å². The Balaban J connectivity index is 1.53. The molecular formula is C28H37ClN6O4. The summed E-state index contributed by atoms with van der Waals surface area (Å²) in [5.74, 6) is 1.81. The third-order valence-corrected chi connectivity index (χ3v) is 6.91. The number of rotatable bonds is 9. The summed E-state index contributed by atoms with van der Waals surface area (Å²) >= 11 is 6.45. The van der Waals surface area contributed by atoms with Crippen molar-refractivity contribution in [2.24, 2.45) is 18.9 Å². The topological polar surface area (TPSA) is 102 Å². The number of aryl methyl sites for hydroxylation is 1. The Morgan fingerprint density at radius 2 is 1.95 bits per heavy atom. The van der Waals surface area contributed by atoms with Gasteiger partial charge in [-0.05, 0) is 63.5 Å². The Labute approximate surface area is 233 Å². The number of nitrogens with one attached hydrogen (secondary N) is 1. The Bertz CT molecular complexity index is 1380. The summed E-state index contributed by atoms with van der Waals surface area (Å²) in [6.45, 7) is 8.33. The molecule has 11 heteroatoms. The molecule has 3 heterocycles. The molecule has 1 unspecified atom stereocenters. The molecule has 0 spiro atoms. The maximum atomic E-state index is 12.8. The first-order valence-electron chi connectivity index (χ1n) is 13.2. The third kappa shape index (κ3) is 7.19. The van der Waals surface area contributed by atoms with Gasteiger partial charge in [-0.2, -0.15) is 4.98 Å². The average molecular weight is 557 g/mol. The number of hydrogen-bond acceptors (Lipinski definition) is 9. The molecule has 2 aromatic heterocycles. The summed E-state index contributed by atoms with van der Waals surface area (Å²) < 4.78 is 12.4. The fourth-order valence-corrected chi connectivity index (χ4v) is 5.28. The van der Waals surface area contributed by atoms with E-state index in [1.807, 2.05) is 44.1 Å². The smallest absolute Gasteiger partial charge is 0.344 e. The van der Waals surface area contributed by atoms with Crippen LogP contribution < -0.4 is 20.5 Å². The van der Waals surface area contributed by atoms with Gasteiger partial charge in [0.15, 0.2) is 18.2 Å². The predicted molar refractivity (Wildman–Crippen MR) is 154 cm³/mol. The Kier molecular flexibility index (Phi) is 8.97. The zero-order valence-electron chi connectivity index (χ0n) is 23.4. The molecule has 3 aromatic rings. The molecule has 0 radical (unpaired) electrons. The number of carbonyl (C=O) groups is 1. The number of likely N-dealkylation sites (N-methyl/N-ethyl adjacent to an activating group) is 1. The lowest BCUT2D eigenvalue weighted by Gasteiger charge is -2.35. The van der Waals surface area contributed by atoms with E-state index in [1.165, 1.54) is 11.0 Å². The Morgan fingerprint density at radius 1 is 1.23 bits per heavy atom. The van der Waals surface area contributed by atoms with Crippen LogP contribution in [0.3, 0.4) is 0 Å². The van der Waals surface area contributed by atoms with E-state index in [9.17, 15) is 9.59 Å². The molecule has 0 amide bonds. The molecular weight excluding hydrogens is 520 g/mol. The van der Waals surface area contributed by atoms with Gasteiger partial charge in [0.2, 0.25) is 5.95 Å². The van der Waals surface area contributed by atoms with E-state index in [2.05, 4.69) is 29.0 Å². The van der Waals surface area contributed by atoms with Crippen molar-refractivity contribution in [2.75, 3.05) is 50.6 Å². The number of piperidine rings is 1. The minimum absolute atomic E-state index is 0.0649. The van der Waals surface area contributed by atoms with Gasteiger partial charge in [-0.1, -0.05) is 25.4 Å². The van der Waals surface area contributed by atoms with E-state index < -0.39 is 5.97 Å². The van der Waals surface area contributed by atoms with Crippen LogP contribution in [0, 0.1) is 11.8 Å². The molecule has 210 valence electrons. The first-order chi connectivity index (χ1) is 18.5. The van der Waals surface area contributed by atoms with Crippen LogP contribution in [0.2, 0.25) is 5.02 Å². The molecule has 1 N–H and O–H groups in total. The zero-order valence-corrected chi connectivity index (χ0v) is 24.2. The normalized spacial score (nSPS) is 18.3. The second kappa shape index (κ2) is 12.2. The number of pyridine rings is 1. The van der Waals surface area contributed by atoms with Crippen molar-refractivity contribution in [3.63, 3.8) is 0 Å². The van der Waals surface area contributed by atoms with Crippen LogP contribution in [0.5, 0.6) is 5.75 Å². The number of hydrogen-bond donors (Lipinski definition) is 1. The molecule has 1 fully saturated rings. The number of benzene rings is 1. The van der Waals surface area contributed by atoms with Crippen molar-refractivity contribution in [3.05, 3.63) is 45.8 Å². The first kappa shape index (κ1) is 28.6. The lowest BCUT2D eigenvalue weighted by Crippen LogP contribution is -2.39. The van der Waals surface area contributed by atoms with Crippen LogP contribution in [0.25, 0.3) is 10.9 Å². The number of aromatic nitrogens is 3. The lowest BCUT2D eigenvalue weighted by molar-refractivity contribution is -0.151. The van der Waals surface area contributed by atoms with Crippen LogP contribution >= 0.6 is 11.6 Å². The SMILES string of the molecule is CC(CN(C)C)OC(=O)COc1cc2cc(Nc3nc(N4C[C@H](C)C[C@H](C)C4)ncc3Cl)ccc2n(C)c1=O. The third-order valence-electron chi connectivity index (χ3n) is 6.64. The summed E-state index contributed by atoms with van der Waals surface area (Å²) in [5.41, 5.74) is 1.10. The molecule has 4 rings (SSSR count). The molecule has 1 aliphatic rings. The highest BCUT2D eigenvalue weighted by Gasteiger charge is 2.24. The largest absolute Gasteiger partial charge is 0.476 e. The van der Waals surface area contributed by atoms with Gasteiger partial charge >= 0.3 is 5.97 Å². The predicted octanol–water partition coefficient (Wildman–Crippen LogP) is 4.08. The number of ether oxygens (including phenoxy) is 2. The molecule has 39 heavy (non-hydrogen) atoms. The highest BCUT2D eigenvalue weighted by atomic mass is 35.5. The van der Waals surface area contributed by atoms with Gasteiger partial charge in [0.1, 0.15) is 11.1 Å². The van der Waals surface area contributed by atoms with E-state index in [1.54, 1.807) is 19.3 Å². The van der Waals surface area contributed by atoms with Gasteiger partial charge in [-0.15, -0.1) is 0 Å². The molecule has 1 aromatic carbocycles. The summed E-state index contributed by atoms with van der Waals surface area (Å²) in [6, 6.07) is 7.20. The van der Waals surface area contributed by atoms with E-state index in [0.29, 0.717) is 40.7 Å². The van der Waals surface area contributed by atoms with Crippen molar-refractivity contribution in [1.29, 1.82) is 0 Å². The van der Waals surface area contributed by atoms with Gasteiger partial charge in [0.25, 0.3) is 5.56 Å². The van der Waals surface area contributed by atoms with E-state index >= 15 is 0 Å². The number of halogens is 1. The van der Waals surface area contributed by atoms with Gasteiger partial charge in [-0.25, -0.2) is 9.78 Å². The Morgan fingerprint density at radius 3 is 2.64 bits per heavy atom. The maximum absolute atomic E-state index is 12.8. The van der Waals surface area contributed by atoms with E-state index in [-0.39, 0.29) is 24.0 Å². The van der Waals surface area contributed by atoms with Crippen molar-refractivity contribution >= 4 is 45.9 Å². The van der Waals surface area contributed by atoms with Crippen molar-refractivity contribution in [3.8, 4) is 5.75 Å². The molecule has 0 aliphatic carbocycles. The number of nitrogens with zero attached hydrogens (tertiary/aromatic N) is 5. The highest BCUT2D eigenvalue weighted by Crippen LogP contribution is 2.30. The monoisotopic (exact) mass is 556 g/mol. The van der Waals surface area contributed by atoms with Gasteiger partial charge in [0, 0.05) is 37.8 Å². The minimum Gasteiger partial charge on any atom is -0.476 e. The van der Waals surface area contributed by atoms with Gasteiger partial charge in [0.05, 0.1) is 11.7 Å². The van der Waals surface area contributed by atoms with Crippen LogP contribution in [-0.2, 0) is 16.6 Å². The van der Waals surface area contributed by atoms with Crippen LogP contribution in [0.4, 0.5) is 17.5 Å². The number of carbonyl (C=O) groups excluding carboxylic acids is 1. The van der Waals surface area contributed by atoms with Crippen molar-refractivity contribution < 1.29 is 14.3 Å². The molecule has 1 saturated heterocycles. The summed E-state index contributed by atoms with van der Waals surface area (Å²) in [4.78, 5) is 38.4. The Hall–Kier alpha value is -3.37. The standard InChI is InChI=1S/C28H37ClN6O4/c1-17-9-18(2)14-35(13-17)28-30-12-22(29)26(32-28)31-21-7-8-23-20(10-21)11-24(27(37)34(23)6)38-16-25(36)39-19(3)15-33(4)5/h7-8,10-12,17-19H,9,13-16H2,1-6H3,(H,30,31,32)/t17-,18+,19?. The fourth-order valence-electron chi connectivity index (χ4n) is 5.14. The van der Waals surface area contributed by atoms with Crippen molar-refractivity contribution in [1.82, 2.24) is 19.4 Å². The first-order valence-corrected chi connectivity index (χ1v) is 13.5. The number of esters is 1. The fraction of sp³-hybridized carbons (Fsp3) is 0.500. The molecule has 3 atom stereocenters. The second-order valence-electron chi connectivity index (χ2n) is 10.8. The van der Waals surface area contributed by atoms with E-state index in [0.717, 1.165) is 24.2 Å². The summed E-state index contributed by atoms with van der Waals surface area (Å²) in [5, 5.41) is 4.44. The van der Waals surface area contributed by atoms with Crippen LogP contribution in [0.15, 0.2) is 35.3 Å². The number of fused-ring (bicyclic) bond motifs is 1. The van der Waals surface area contributed by atoms with Crippen LogP contribution in [0.1, 0.15) is 27.2 Å². The minimum atomic E-state index is -0.534. The quantitative estimate of drug-likeness (QED) is 0.390. The summed E-state index contributed by atoms with van der Waals surface area (Å²) in [7, 11) is 5.46. The lowest BCUT2D eigenvalue weighted by atomic mass is 9.92. The zero-order chi connectivity index (χ0) is 28.3. The average Bonchev–Trinajstić information content (AvgIpc) is 2.85. The van der Waals surface area contributed by atoms with Gasteiger partial charge in [-0.3, -0.25) is 4.79 Å². The summed E-state index contributed by atoms with van der Waals surface area (Å²) in [6.07, 6.45) is 2.52. The van der Waals surface area contributed by atoms with Crippen LogP contribution in [-0.4, -0.2) is 71.8 Å². The second-order valence-corrected chi connectivity index (χ2v) is 11.2. The molecule has 0 bridgehead atoms. The molecule has 10 nitrogen and oxygen atoms in total. The van der Waals surface area contributed by atoms with E-state index in [4.69, 9.17) is 26.1 Å². The maximum Gasteiger partial charge on any atom is 0.344 e. The number of anilines is 3. The molecule has 1 aliphatic heterocycles. The molecule has 0 saturated carbocycles. The highest BCUT2D eigenvalue weighted by molar-refractivity contribution is 6.32. The van der Waals surface area contributed by atoms with Crippen molar-refractivity contribution in [2.45, 2.75) is 33.3 Å².